The summed E-state index contributed by atoms with van der Waals surface area (Å²) in [5, 5.41) is 0. The lowest BCUT2D eigenvalue weighted by Crippen LogP contribution is -2.13. The Kier molecular flexibility index (Phi) is 4.10. The number of Topliss-reactive ketones (excluding diaryl/α,β-unsaturated/α-hetero) is 1. The molecule has 1 atom stereocenters. The fraction of sp³-hybridized carbons (Fsp3) is 0.0909. The van der Waals surface area contributed by atoms with Gasteiger partial charge in [-0.25, -0.2) is 0 Å². The highest BCUT2D eigenvalue weighted by atomic mass is 79.9. The van der Waals surface area contributed by atoms with Crippen molar-refractivity contribution in [2.24, 2.45) is 4.99 Å². The molecule has 2 nitrogen and oxygen atoms in total. The van der Waals surface area contributed by atoms with E-state index < -0.39 is 0 Å². The average molecular weight is 390 g/mol. The van der Waals surface area contributed by atoms with Gasteiger partial charge in [-0.2, -0.15) is 0 Å². The van der Waals surface area contributed by atoms with Crippen LogP contribution in [-0.4, -0.2) is 11.5 Å². The van der Waals surface area contributed by atoms with Gasteiger partial charge in [0.15, 0.2) is 5.78 Å². The third-order valence-electron chi connectivity index (χ3n) is 4.44. The van der Waals surface area contributed by atoms with Crippen molar-refractivity contribution >= 4 is 33.1 Å². The highest BCUT2D eigenvalue weighted by Gasteiger charge is 2.37. The number of hydrogen-bond acceptors (Lipinski definition) is 2. The van der Waals surface area contributed by atoms with Crippen molar-refractivity contribution in [2.45, 2.75) is 12.8 Å². The number of carbonyl (C=O) groups excluding carboxylic acids is 1. The standard InChI is InChI=1S/C22H16BrNO/c1-14-6-4-9-17(12-14)24-21-18-10-2-3-11-19(18)22(25)20(21)15-7-5-8-16(23)13-15/h2-13,20H,1H3/t20-/m1/s1. The third kappa shape index (κ3) is 2.96. The summed E-state index contributed by atoms with van der Waals surface area (Å²) in [5.74, 6) is -0.254. The van der Waals surface area contributed by atoms with Crippen molar-refractivity contribution in [1.82, 2.24) is 0 Å². The summed E-state index contributed by atoms with van der Waals surface area (Å²) in [7, 11) is 0. The number of aryl methyl sites for hydroxylation is 1. The molecule has 0 aromatic heterocycles. The molecule has 0 bridgehead atoms. The van der Waals surface area contributed by atoms with Gasteiger partial charge in [0.25, 0.3) is 0 Å². The molecule has 25 heavy (non-hydrogen) atoms. The van der Waals surface area contributed by atoms with Crippen molar-refractivity contribution < 1.29 is 4.79 Å². The van der Waals surface area contributed by atoms with E-state index in [2.05, 4.69) is 15.9 Å². The van der Waals surface area contributed by atoms with Gasteiger partial charge >= 0.3 is 0 Å². The van der Waals surface area contributed by atoms with Crippen LogP contribution < -0.4 is 0 Å². The molecule has 1 aliphatic rings. The fourth-order valence-corrected chi connectivity index (χ4v) is 3.73. The molecule has 0 saturated carbocycles. The zero-order valence-electron chi connectivity index (χ0n) is 13.7. The minimum atomic E-state index is -0.365. The number of carbonyl (C=O) groups is 1. The molecule has 0 aliphatic heterocycles. The highest BCUT2D eigenvalue weighted by Crippen LogP contribution is 2.36. The van der Waals surface area contributed by atoms with Gasteiger partial charge in [0, 0.05) is 15.6 Å². The Morgan fingerprint density at radius 1 is 0.880 bits per heavy atom. The maximum atomic E-state index is 13.1. The van der Waals surface area contributed by atoms with E-state index >= 15 is 0 Å². The highest BCUT2D eigenvalue weighted by molar-refractivity contribution is 9.10. The Labute approximate surface area is 155 Å². The lowest BCUT2D eigenvalue weighted by atomic mass is 9.93. The van der Waals surface area contributed by atoms with Crippen LogP contribution in [0.3, 0.4) is 0 Å². The van der Waals surface area contributed by atoms with Crippen LogP contribution in [0.2, 0.25) is 0 Å². The molecule has 1 aliphatic carbocycles. The second-order valence-corrected chi connectivity index (χ2v) is 7.15. The first-order valence-electron chi connectivity index (χ1n) is 8.18. The number of benzene rings is 3. The molecular weight excluding hydrogens is 374 g/mol. The first kappa shape index (κ1) is 16.0. The van der Waals surface area contributed by atoms with Crippen LogP contribution in [0.1, 0.15) is 33.0 Å². The normalized spacial score (nSPS) is 17.8. The van der Waals surface area contributed by atoms with Crippen molar-refractivity contribution in [3.05, 3.63) is 99.5 Å². The number of ketones is 1. The summed E-state index contributed by atoms with van der Waals surface area (Å²) in [5.41, 5.74) is 5.49. The van der Waals surface area contributed by atoms with Crippen LogP contribution >= 0.6 is 15.9 Å². The molecule has 0 saturated heterocycles. The predicted octanol–water partition coefficient (Wildman–Crippen LogP) is 5.86. The van der Waals surface area contributed by atoms with E-state index in [1.165, 1.54) is 0 Å². The quantitative estimate of drug-likeness (QED) is 0.539. The molecule has 122 valence electrons. The van der Waals surface area contributed by atoms with Gasteiger partial charge in [0.1, 0.15) is 0 Å². The Bertz CT molecular complexity index is 1010. The van der Waals surface area contributed by atoms with Crippen LogP contribution in [-0.2, 0) is 0 Å². The number of fused-ring (bicyclic) bond motifs is 1. The summed E-state index contributed by atoms with van der Waals surface area (Å²) >= 11 is 3.51. The molecule has 0 spiro atoms. The molecular formula is C22H16BrNO. The largest absolute Gasteiger partial charge is 0.293 e. The van der Waals surface area contributed by atoms with Crippen molar-refractivity contribution in [3.63, 3.8) is 0 Å². The van der Waals surface area contributed by atoms with E-state index in [0.717, 1.165) is 38.1 Å². The summed E-state index contributed by atoms with van der Waals surface area (Å²) in [6, 6.07) is 23.7. The first-order chi connectivity index (χ1) is 12.1. The Hall–Kier alpha value is -2.52. The molecule has 3 aromatic rings. The molecule has 4 rings (SSSR count). The van der Waals surface area contributed by atoms with Gasteiger partial charge in [-0.1, -0.05) is 64.5 Å². The molecule has 0 heterocycles. The molecule has 0 fully saturated rings. The monoisotopic (exact) mass is 389 g/mol. The number of nitrogens with zero attached hydrogens (tertiary/aromatic N) is 1. The third-order valence-corrected chi connectivity index (χ3v) is 4.93. The van der Waals surface area contributed by atoms with Crippen molar-refractivity contribution in [3.8, 4) is 0 Å². The van der Waals surface area contributed by atoms with Crippen molar-refractivity contribution in [2.75, 3.05) is 0 Å². The van der Waals surface area contributed by atoms with E-state index in [0.29, 0.717) is 0 Å². The Morgan fingerprint density at radius 3 is 2.40 bits per heavy atom. The minimum absolute atomic E-state index is 0.111. The fourth-order valence-electron chi connectivity index (χ4n) is 3.31. The van der Waals surface area contributed by atoms with Crippen LogP contribution in [0.5, 0.6) is 0 Å². The maximum absolute atomic E-state index is 13.1. The van der Waals surface area contributed by atoms with Gasteiger partial charge in [-0.3, -0.25) is 9.79 Å². The number of rotatable bonds is 2. The number of hydrogen-bond donors (Lipinski definition) is 0. The van der Waals surface area contributed by atoms with E-state index in [9.17, 15) is 4.79 Å². The molecule has 0 amide bonds. The Balaban J connectivity index is 1.92. The minimum Gasteiger partial charge on any atom is -0.293 e. The van der Waals surface area contributed by atoms with Crippen LogP contribution in [0, 0.1) is 6.92 Å². The zero-order valence-corrected chi connectivity index (χ0v) is 15.3. The van der Waals surface area contributed by atoms with Crippen molar-refractivity contribution in [1.29, 1.82) is 0 Å². The second kappa shape index (κ2) is 6.41. The molecule has 0 N–H and O–H groups in total. The zero-order chi connectivity index (χ0) is 17.4. The predicted molar refractivity (Wildman–Crippen MR) is 105 cm³/mol. The lowest BCUT2D eigenvalue weighted by molar-refractivity contribution is 0.0988. The molecule has 0 radical (unpaired) electrons. The van der Waals surface area contributed by atoms with Gasteiger partial charge in [-0.15, -0.1) is 0 Å². The maximum Gasteiger partial charge on any atom is 0.176 e. The van der Waals surface area contributed by atoms with Gasteiger partial charge in [0.05, 0.1) is 17.3 Å². The SMILES string of the molecule is Cc1cccc(N=C2c3ccccc3C(=O)[C@@H]2c2cccc(Br)c2)c1. The molecule has 0 unspecified atom stereocenters. The smallest absolute Gasteiger partial charge is 0.176 e. The summed E-state index contributed by atoms with van der Waals surface area (Å²) in [6.45, 7) is 2.04. The number of halogens is 1. The van der Waals surface area contributed by atoms with E-state index in [1.54, 1.807) is 0 Å². The van der Waals surface area contributed by atoms with Gasteiger partial charge < -0.3 is 0 Å². The molecule has 3 aromatic carbocycles. The van der Waals surface area contributed by atoms with E-state index in [-0.39, 0.29) is 11.7 Å². The number of aliphatic imine (C=N–C) groups is 1. The van der Waals surface area contributed by atoms with Gasteiger partial charge in [0.2, 0.25) is 0 Å². The van der Waals surface area contributed by atoms with Crippen LogP contribution in [0.15, 0.2) is 82.3 Å². The summed E-state index contributed by atoms with van der Waals surface area (Å²) in [4.78, 5) is 18.0. The molecule has 3 heteroatoms. The lowest BCUT2D eigenvalue weighted by Gasteiger charge is -2.12. The van der Waals surface area contributed by atoms with Gasteiger partial charge in [-0.05, 0) is 42.3 Å². The van der Waals surface area contributed by atoms with E-state index in [1.807, 2.05) is 79.7 Å². The summed E-state index contributed by atoms with van der Waals surface area (Å²) in [6.07, 6.45) is 0. The summed E-state index contributed by atoms with van der Waals surface area (Å²) < 4.78 is 0.962. The van der Waals surface area contributed by atoms with Crippen LogP contribution in [0.25, 0.3) is 0 Å². The Morgan fingerprint density at radius 2 is 1.64 bits per heavy atom. The van der Waals surface area contributed by atoms with Crippen LogP contribution in [0.4, 0.5) is 5.69 Å². The topological polar surface area (TPSA) is 29.4 Å². The second-order valence-electron chi connectivity index (χ2n) is 6.23. The first-order valence-corrected chi connectivity index (χ1v) is 8.97. The van der Waals surface area contributed by atoms with E-state index in [4.69, 9.17) is 4.99 Å². The average Bonchev–Trinajstić information content (AvgIpc) is 2.88.